The van der Waals surface area contributed by atoms with Gasteiger partial charge in [0.25, 0.3) is 0 Å². The minimum absolute atomic E-state index is 1.10. The van der Waals surface area contributed by atoms with Crippen molar-refractivity contribution in [2.45, 2.75) is 26.2 Å². The molecule has 3 unspecified atom stereocenters. The predicted octanol–water partition coefficient (Wildman–Crippen LogP) is 2.05. The van der Waals surface area contributed by atoms with Gasteiger partial charge in [-0.15, -0.1) is 0 Å². The Balaban J connectivity index is 1.99. The van der Waals surface area contributed by atoms with E-state index in [1.807, 2.05) is 0 Å². The van der Waals surface area contributed by atoms with Gasteiger partial charge in [-0.05, 0) is 37.0 Å². The molecule has 0 saturated heterocycles. The molecule has 0 aromatic heterocycles. The van der Waals surface area contributed by atoms with E-state index in [-0.39, 0.29) is 0 Å². The van der Waals surface area contributed by atoms with Crippen LogP contribution < -0.4 is 0 Å². The number of hydrogen-bond donors (Lipinski definition) is 0. The second-order valence-corrected chi connectivity index (χ2v) is 3.21. The highest BCUT2D eigenvalue weighted by molar-refractivity contribution is 4.94. The van der Waals surface area contributed by atoms with E-state index in [0.717, 1.165) is 5.92 Å². The summed E-state index contributed by atoms with van der Waals surface area (Å²) in [6.45, 7) is 2.39. The van der Waals surface area contributed by atoms with Crippen LogP contribution in [0.5, 0.6) is 0 Å². The fourth-order valence-electron chi connectivity index (χ4n) is 2.09. The smallest absolute Gasteiger partial charge is 0.0360 e. The van der Waals surface area contributed by atoms with Crippen LogP contribution in [-0.4, -0.2) is 0 Å². The van der Waals surface area contributed by atoms with Gasteiger partial charge in [0.1, 0.15) is 0 Å². The molecular formula is C7H12. The van der Waals surface area contributed by atoms with Crippen molar-refractivity contribution in [2.24, 2.45) is 17.8 Å². The van der Waals surface area contributed by atoms with Crippen LogP contribution in [0.2, 0.25) is 0 Å². The average molecular weight is 96.2 g/mol. The average Bonchev–Trinajstić information content (AvgIpc) is 1.59. The highest BCUT2D eigenvalue weighted by atomic mass is 14.5. The summed E-state index contributed by atoms with van der Waals surface area (Å²) in [4.78, 5) is 0. The molecule has 0 nitrogen and oxygen atoms in total. The van der Waals surface area contributed by atoms with Gasteiger partial charge in [0.05, 0.1) is 0 Å². The van der Waals surface area contributed by atoms with E-state index in [2.05, 4.69) is 6.92 Å². The van der Waals surface area contributed by atoms with Crippen molar-refractivity contribution in [2.75, 3.05) is 0 Å². The van der Waals surface area contributed by atoms with E-state index in [9.17, 15) is 0 Å². The van der Waals surface area contributed by atoms with E-state index in [1.165, 1.54) is 11.8 Å². The summed E-state index contributed by atoms with van der Waals surface area (Å²) in [5, 5.41) is 0. The molecule has 0 aromatic carbocycles. The second kappa shape index (κ2) is 1.04. The Morgan fingerprint density at radius 3 is 2.14 bits per heavy atom. The Morgan fingerprint density at radius 2 is 2.14 bits per heavy atom. The molecule has 7 heavy (non-hydrogen) atoms. The van der Waals surface area contributed by atoms with Crippen molar-refractivity contribution in [3.8, 4) is 0 Å². The van der Waals surface area contributed by atoms with Crippen LogP contribution in [0.1, 0.15) is 26.2 Å². The molecular weight excluding hydrogens is 84.1 g/mol. The molecule has 2 aliphatic rings. The molecule has 0 heterocycles. The van der Waals surface area contributed by atoms with Gasteiger partial charge < -0.3 is 0 Å². The van der Waals surface area contributed by atoms with E-state index >= 15 is 0 Å². The zero-order valence-electron chi connectivity index (χ0n) is 4.85. The Kier molecular flexibility index (Phi) is 0.586. The van der Waals surface area contributed by atoms with Crippen LogP contribution in [0.25, 0.3) is 0 Å². The molecule has 0 aliphatic heterocycles. The quantitative estimate of drug-likeness (QED) is 0.433. The van der Waals surface area contributed by atoms with Crippen LogP contribution in [0.3, 0.4) is 0 Å². The minimum atomic E-state index is 1.10. The zero-order valence-corrected chi connectivity index (χ0v) is 4.85. The van der Waals surface area contributed by atoms with Crippen LogP contribution in [0, 0.1) is 17.8 Å². The Hall–Kier alpha value is 0. The van der Waals surface area contributed by atoms with E-state index in [4.69, 9.17) is 0 Å². The Morgan fingerprint density at radius 1 is 1.29 bits per heavy atom. The van der Waals surface area contributed by atoms with Crippen LogP contribution in [0.15, 0.2) is 0 Å². The van der Waals surface area contributed by atoms with Gasteiger partial charge in [-0.1, -0.05) is 6.92 Å². The van der Waals surface area contributed by atoms with Gasteiger partial charge in [0, 0.05) is 0 Å². The van der Waals surface area contributed by atoms with Crippen molar-refractivity contribution in [3.05, 3.63) is 0 Å². The SMILES string of the molecule is CC1CC2CCC12. The molecule has 2 aliphatic carbocycles. The molecule has 2 rings (SSSR count). The predicted molar refractivity (Wildman–Crippen MR) is 30.0 cm³/mol. The van der Waals surface area contributed by atoms with E-state index in [1.54, 1.807) is 19.3 Å². The molecule has 0 amide bonds. The third kappa shape index (κ3) is 0.332. The summed E-state index contributed by atoms with van der Waals surface area (Å²) in [6, 6.07) is 0. The molecule has 3 atom stereocenters. The first kappa shape index (κ1) is 3.94. The molecule has 0 spiro atoms. The normalized spacial score (nSPS) is 57.0. The summed E-state index contributed by atoms with van der Waals surface area (Å²) < 4.78 is 0. The maximum atomic E-state index is 2.39. The monoisotopic (exact) mass is 96.1 g/mol. The summed E-state index contributed by atoms with van der Waals surface area (Å²) in [6.07, 6.45) is 4.64. The Labute approximate surface area is 44.9 Å². The molecule has 2 fully saturated rings. The van der Waals surface area contributed by atoms with Crippen LogP contribution in [0.4, 0.5) is 0 Å². The molecule has 0 aromatic rings. The maximum Gasteiger partial charge on any atom is -0.0360 e. The first-order valence-electron chi connectivity index (χ1n) is 3.38. The van der Waals surface area contributed by atoms with Crippen LogP contribution in [-0.2, 0) is 0 Å². The fraction of sp³-hybridized carbons (Fsp3) is 1.00. The molecule has 0 heteroatoms. The largest absolute Gasteiger partial charge is 0.0622 e. The molecule has 0 radical (unpaired) electrons. The lowest BCUT2D eigenvalue weighted by Gasteiger charge is -2.51. The Bertz CT molecular complexity index is 82.0. The van der Waals surface area contributed by atoms with E-state index < -0.39 is 0 Å². The summed E-state index contributed by atoms with van der Waals surface area (Å²) in [5.74, 6) is 3.47. The van der Waals surface area contributed by atoms with Gasteiger partial charge in [-0.3, -0.25) is 0 Å². The molecule has 40 valence electrons. The summed E-state index contributed by atoms with van der Waals surface area (Å²) >= 11 is 0. The first-order chi connectivity index (χ1) is 3.38. The molecule has 2 saturated carbocycles. The molecule has 0 N–H and O–H groups in total. The highest BCUT2D eigenvalue weighted by Crippen LogP contribution is 2.53. The number of fused-ring (bicyclic) bond motifs is 1. The van der Waals surface area contributed by atoms with Crippen molar-refractivity contribution < 1.29 is 0 Å². The number of hydrogen-bond acceptors (Lipinski definition) is 0. The van der Waals surface area contributed by atoms with Crippen molar-refractivity contribution in [1.29, 1.82) is 0 Å². The summed E-state index contributed by atoms with van der Waals surface area (Å²) in [5.41, 5.74) is 0. The van der Waals surface area contributed by atoms with E-state index in [0.29, 0.717) is 0 Å². The highest BCUT2D eigenvalue weighted by Gasteiger charge is 2.43. The topological polar surface area (TPSA) is 0 Å². The third-order valence-electron chi connectivity index (χ3n) is 2.88. The first-order valence-corrected chi connectivity index (χ1v) is 3.38. The van der Waals surface area contributed by atoms with Crippen molar-refractivity contribution in [1.82, 2.24) is 0 Å². The lowest BCUT2D eigenvalue weighted by Crippen LogP contribution is -2.42. The summed E-state index contributed by atoms with van der Waals surface area (Å²) in [7, 11) is 0. The lowest BCUT2D eigenvalue weighted by atomic mass is 9.54. The van der Waals surface area contributed by atoms with Crippen LogP contribution >= 0.6 is 0 Å². The van der Waals surface area contributed by atoms with Crippen molar-refractivity contribution >= 4 is 0 Å². The maximum absolute atomic E-state index is 2.39. The second-order valence-electron chi connectivity index (χ2n) is 3.21. The van der Waals surface area contributed by atoms with Gasteiger partial charge in [0.2, 0.25) is 0 Å². The van der Waals surface area contributed by atoms with Gasteiger partial charge in [-0.25, -0.2) is 0 Å². The van der Waals surface area contributed by atoms with Crippen molar-refractivity contribution in [3.63, 3.8) is 0 Å². The zero-order chi connectivity index (χ0) is 4.85. The lowest BCUT2D eigenvalue weighted by molar-refractivity contribution is -0.0138. The van der Waals surface area contributed by atoms with Gasteiger partial charge in [0.15, 0.2) is 0 Å². The standard InChI is InChI=1S/C7H12/c1-5-4-6-2-3-7(5)6/h5-7H,2-4H2,1H3. The van der Waals surface area contributed by atoms with Gasteiger partial charge >= 0.3 is 0 Å². The number of rotatable bonds is 0. The minimum Gasteiger partial charge on any atom is -0.0622 e. The fourth-order valence-corrected chi connectivity index (χ4v) is 2.09. The van der Waals surface area contributed by atoms with Gasteiger partial charge in [-0.2, -0.15) is 0 Å². The molecule has 0 bridgehead atoms. The third-order valence-corrected chi connectivity index (χ3v) is 2.88.